The summed E-state index contributed by atoms with van der Waals surface area (Å²) >= 11 is 0. The smallest absolute Gasteiger partial charge is 0.182 e. The molecule has 0 atom stereocenters. The van der Waals surface area contributed by atoms with Crippen molar-refractivity contribution >= 4 is 13.8 Å². The molecule has 2 radical (unpaired) electrons. The van der Waals surface area contributed by atoms with E-state index in [-0.39, 0.29) is 5.75 Å². The minimum absolute atomic E-state index is 0.0891. The third-order valence-electron chi connectivity index (χ3n) is 4.05. The van der Waals surface area contributed by atoms with Crippen molar-refractivity contribution < 1.29 is 18.7 Å². The van der Waals surface area contributed by atoms with Crippen LogP contribution in [0.1, 0.15) is 31.2 Å². The molecule has 1 fully saturated rings. The number of nitrogens with zero attached hydrogens (tertiary/aromatic N) is 2. The Labute approximate surface area is 135 Å². The summed E-state index contributed by atoms with van der Waals surface area (Å²) in [6.07, 6.45) is 3.93. The molecule has 1 aromatic carbocycles. The normalized spacial score (nSPS) is 17.4. The molecular formula is C15H20BF2N3O2. The van der Waals surface area contributed by atoms with E-state index in [1.165, 1.54) is 0 Å². The van der Waals surface area contributed by atoms with Gasteiger partial charge in [0.25, 0.3) is 0 Å². The highest BCUT2D eigenvalue weighted by Gasteiger charge is 2.17. The van der Waals surface area contributed by atoms with Gasteiger partial charge in [0.05, 0.1) is 12.2 Å². The predicted molar refractivity (Wildman–Crippen MR) is 83.6 cm³/mol. The van der Waals surface area contributed by atoms with Crippen LogP contribution in [0.2, 0.25) is 0 Å². The number of piperidine rings is 1. The highest BCUT2D eigenvalue weighted by molar-refractivity contribution is 6.04. The Morgan fingerprint density at radius 2 is 1.96 bits per heavy atom. The van der Waals surface area contributed by atoms with E-state index < -0.39 is 23.0 Å². The van der Waals surface area contributed by atoms with E-state index in [0.717, 1.165) is 50.9 Å². The van der Waals surface area contributed by atoms with Crippen molar-refractivity contribution in [2.24, 2.45) is 16.8 Å². The summed E-state index contributed by atoms with van der Waals surface area (Å²) in [5.74, 6) is -1.75. The minimum atomic E-state index is -0.925. The second kappa shape index (κ2) is 8.15. The monoisotopic (exact) mass is 323 g/mol. The molecule has 3 N–H and O–H groups in total. The molecule has 0 spiro atoms. The fourth-order valence-electron chi connectivity index (χ4n) is 2.73. The molecule has 1 aromatic rings. The highest BCUT2D eigenvalue weighted by Crippen LogP contribution is 2.23. The van der Waals surface area contributed by atoms with Gasteiger partial charge in [0.1, 0.15) is 17.4 Å². The number of ether oxygens (including phenoxy) is 1. The maximum atomic E-state index is 13.8. The van der Waals surface area contributed by atoms with E-state index in [1.807, 2.05) is 4.81 Å². The van der Waals surface area contributed by atoms with Crippen LogP contribution in [0, 0.1) is 17.6 Å². The van der Waals surface area contributed by atoms with Crippen LogP contribution in [0.3, 0.4) is 0 Å². The van der Waals surface area contributed by atoms with Gasteiger partial charge in [0.2, 0.25) is 0 Å². The topological polar surface area (TPSA) is 71.1 Å². The van der Waals surface area contributed by atoms with Gasteiger partial charge in [-0.3, -0.25) is 0 Å². The average Bonchev–Trinajstić information content (AvgIpc) is 2.52. The zero-order chi connectivity index (χ0) is 16.8. The van der Waals surface area contributed by atoms with Crippen LogP contribution >= 0.6 is 0 Å². The Kier molecular flexibility index (Phi) is 6.21. The molecule has 0 saturated carbocycles. The summed E-state index contributed by atoms with van der Waals surface area (Å²) < 4.78 is 32.9. The molecule has 0 unspecified atom stereocenters. The largest absolute Gasteiger partial charge is 0.493 e. The number of halogens is 2. The standard InChI is InChI=1S/C15H20BF2N3O2/c16-21-5-3-10(4-6-21)2-1-7-23-11-8-12(17)14(13(18)9-11)15(19)20-22/h8-10,22H,1-7H2,(H2,19,20). The van der Waals surface area contributed by atoms with Gasteiger partial charge in [-0.25, -0.2) is 8.78 Å². The Hall–Kier alpha value is -1.83. The molecule has 23 heavy (non-hydrogen) atoms. The Balaban J connectivity index is 1.82. The molecule has 124 valence electrons. The second-order valence-electron chi connectivity index (χ2n) is 5.72. The zero-order valence-corrected chi connectivity index (χ0v) is 12.8. The van der Waals surface area contributed by atoms with E-state index in [0.29, 0.717) is 12.5 Å². The van der Waals surface area contributed by atoms with Crippen LogP contribution < -0.4 is 10.5 Å². The van der Waals surface area contributed by atoms with Gasteiger partial charge >= 0.3 is 0 Å². The number of oxime groups is 1. The molecule has 1 aliphatic heterocycles. The van der Waals surface area contributed by atoms with E-state index in [9.17, 15) is 8.78 Å². The van der Waals surface area contributed by atoms with Gasteiger partial charge in [-0.05, 0) is 44.7 Å². The van der Waals surface area contributed by atoms with Crippen molar-refractivity contribution in [3.8, 4) is 5.75 Å². The SMILES string of the molecule is [B]N1CCC(CCCOc2cc(F)c(C(N)=NO)c(F)c2)CC1. The molecular weight excluding hydrogens is 303 g/mol. The quantitative estimate of drug-likeness (QED) is 0.210. The maximum absolute atomic E-state index is 13.8. The molecule has 1 saturated heterocycles. The summed E-state index contributed by atoms with van der Waals surface area (Å²) in [5.41, 5.74) is 4.67. The van der Waals surface area contributed by atoms with Crippen LogP contribution in [0.5, 0.6) is 5.75 Å². The molecule has 0 aromatic heterocycles. The first-order valence-corrected chi connectivity index (χ1v) is 7.60. The third-order valence-corrected chi connectivity index (χ3v) is 4.05. The molecule has 1 heterocycles. The van der Waals surface area contributed by atoms with Gasteiger partial charge in [-0.15, -0.1) is 0 Å². The summed E-state index contributed by atoms with van der Waals surface area (Å²) in [6.45, 7) is 2.18. The van der Waals surface area contributed by atoms with Crippen LogP contribution in [0.25, 0.3) is 0 Å². The van der Waals surface area contributed by atoms with Crippen molar-refractivity contribution in [2.75, 3.05) is 19.7 Å². The molecule has 0 amide bonds. The van der Waals surface area contributed by atoms with Crippen molar-refractivity contribution in [1.82, 2.24) is 4.81 Å². The number of benzene rings is 1. The number of nitrogens with two attached hydrogens (primary N) is 1. The van der Waals surface area contributed by atoms with Crippen molar-refractivity contribution in [3.05, 3.63) is 29.3 Å². The van der Waals surface area contributed by atoms with Gasteiger partial charge in [0, 0.05) is 12.1 Å². The summed E-state index contributed by atoms with van der Waals surface area (Å²) in [7, 11) is 5.70. The maximum Gasteiger partial charge on any atom is 0.182 e. The number of hydrogen-bond donors (Lipinski definition) is 2. The molecule has 2 rings (SSSR count). The Bertz CT molecular complexity index is 541. The zero-order valence-electron chi connectivity index (χ0n) is 12.8. The van der Waals surface area contributed by atoms with Gasteiger partial charge in [0.15, 0.2) is 13.8 Å². The minimum Gasteiger partial charge on any atom is -0.493 e. The van der Waals surface area contributed by atoms with E-state index in [4.69, 9.17) is 23.7 Å². The fraction of sp³-hybridized carbons (Fsp3) is 0.533. The number of amidine groups is 1. The molecule has 1 aliphatic rings. The molecule has 8 heteroatoms. The molecule has 0 aliphatic carbocycles. The summed E-state index contributed by atoms with van der Waals surface area (Å²) in [6, 6.07) is 2.06. The van der Waals surface area contributed by atoms with Crippen LogP contribution in [-0.4, -0.2) is 43.5 Å². The fourth-order valence-corrected chi connectivity index (χ4v) is 2.73. The van der Waals surface area contributed by atoms with Crippen LogP contribution in [0.15, 0.2) is 17.3 Å². The lowest BCUT2D eigenvalue weighted by molar-refractivity contribution is 0.241. The average molecular weight is 323 g/mol. The lowest BCUT2D eigenvalue weighted by Crippen LogP contribution is -2.31. The lowest BCUT2D eigenvalue weighted by atomic mass is 9.91. The molecule has 5 nitrogen and oxygen atoms in total. The van der Waals surface area contributed by atoms with Gasteiger partial charge < -0.3 is 20.5 Å². The van der Waals surface area contributed by atoms with E-state index in [2.05, 4.69) is 5.16 Å². The first-order valence-electron chi connectivity index (χ1n) is 7.60. The van der Waals surface area contributed by atoms with Crippen molar-refractivity contribution in [3.63, 3.8) is 0 Å². The van der Waals surface area contributed by atoms with Crippen LogP contribution in [-0.2, 0) is 0 Å². The number of rotatable bonds is 6. The lowest BCUT2D eigenvalue weighted by Gasteiger charge is -2.29. The molecule has 0 bridgehead atoms. The first-order chi connectivity index (χ1) is 11.0. The van der Waals surface area contributed by atoms with Gasteiger partial charge in [-0.1, -0.05) is 5.16 Å². The Morgan fingerprint density at radius 1 is 1.35 bits per heavy atom. The van der Waals surface area contributed by atoms with E-state index >= 15 is 0 Å². The Morgan fingerprint density at radius 3 is 2.52 bits per heavy atom. The highest BCUT2D eigenvalue weighted by atomic mass is 19.1. The van der Waals surface area contributed by atoms with Gasteiger partial charge in [-0.2, -0.15) is 0 Å². The predicted octanol–water partition coefficient (Wildman–Crippen LogP) is 2.01. The van der Waals surface area contributed by atoms with Crippen molar-refractivity contribution in [2.45, 2.75) is 25.7 Å². The summed E-state index contributed by atoms with van der Waals surface area (Å²) in [5, 5.41) is 11.1. The third kappa shape index (κ3) is 4.82. The number of hydrogen-bond acceptors (Lipinski definition) is 4. The van der Waals surface area contributed by atoms with Crippen molar-refractivity contribution in [1.29, 1.82) is 0 Å². The van der Waals surface area contributed by atoms with Crippen LogP contribution in [0.4, 0.5) is 8.78 Å². The summed E-state index contributed by atoms with van der Waals surface area (Å²) in [4.78, 5) is 1.82. The first kappa shape index (κ1) is 17.5. The second-order valence-corrected chi connectivity index (χ2v) is 5.72. The van der Waals surface area contributed by atoms with E-state index in [1.54, 1.807) is 0 Å².